The standard InChI is InChI=1S/C12H15N5O/c1-14-12(17-15-2)10-4-3-9(18-10)8-5-6-16-11(13)7-8/h3-7,15H,1-2H3,(H2,13,16)(H,14,17). The number of pyridine rings is 1. The Bertz CT molecular complexity index is 561. The van der Waals surface area contributed by atoms with Crippen LogP contribution in [0.15, 0.2) is 39.9 Å². The minimum absolute atomic E-state index is 0.461. The molecular formula is C12H15N5O. The zero-order chi connectivity index (χ0) is 13.0. The Morgan fingerprint density at radius 2 is 2.22 bits per heavy atom. The van der Waals surface area contributed by atoms with Crippen molar-refractivity contribution >= 4 is 11.7 Å². The third-order valence-corrected chi connectivity index (χ3v) is 2.37. The van der Waals surface area contributed by atoms with Crippen molar-refractivity contribution in [3.63, 3.8) is 0 Å². The number of rotatable bonds is 3. The van der Waals surface area contributed by atoms with Crippen molar-refractivity contribution in [2.45, 2.75) is 0 Å². The molecule has 2 heterocycles. The minimum atomic E-state index is 0.461. The van der Waals surface area contributed by atoms with Gasteiger partial charge in [-0.3, -0.25) is 4.99 Å². The normalized spacial score (nSPS) is 11.6. The van der Waals surface area contributed by atoms with Crippen molar-refractivity contribution < 1.29 is 4.42 Å². The van der Waals surface area contributed by atoms with Gasteiger partial charge < -0.3 is 15.6 Å². The molecule has 0 radical (unpaired) electrons. The molecule has 94 valence electrons. The summed E-state index contributed by atoms with van der Waals surface area (Å²) in [5.74, 6) is 2.46. The molecular weight excluding hydrogens is 230 g/mol. The molecule has 4 N–H and O–H groups in total. The van der Waals surface area contributed by atoms with Gasteiger partial charge in [0, 0.05) is 25.9 Å². The Morgan fingerprint density at radius 3 is 2.89 bits per heavy atom. The van der Waals surface area contributed by atoms with E-state index in [0.717, 1.165) is 11.3 Å². The average molecular weight is 245 g/mol. The molecule has 0 aliphatic rings. The third kappa shape index (κ3) is 2.49. The Kier molecular flexibility index (Phi) is 3.59. The van der Waals surface area contributed by atoms with Crippen LogP contribution in [0.5, 0.6) is 0 Å². The first-order chi connectivity index (χ1) is 8.74. The number of hydrogen-bond donors (Lipinski definition) is 3. The fourth-order valence-corrected chi connectivity index (χ4v) is 1.57. The van der Waals surface area contributed by atoms with Gasteiger partial charge in [0.25, 0.3) is 0 Å². The van der Waals surface area contributed by atoms with Crippen LogP contribution in [0.2, 0.25) is 0 Å². The zero-order valence-electron chi connectivity index (χ0n) is 10.3. The topological polar surface area (TPSA) is 88.5 Å². The molecule has 0 fully saturated rings. The van der Waals surface area contributed by atoms with Gasteiger partial charge in [-0.2, -0.15) is 0 Å². The number of aliphatic imine (C=N–C) groups is 1. The largest absolute Gasteiger partial charge is 0.453 e. The van der Waals surface area contributed by atoms with E-state index in [1.165, 1.54) is 0 Å². The lowest BCUT2D eigenvalue weighted by atomic mass is 10.2. The van der Waals surface area contributed by atoms with E-state index in [0.29, 0.717) is 17.4 Å². The first kappa shape index (κ1) is 12.1. The lowest BCUT2D eigenvalue weighted by Crippen LogP contribution is -2.34. The zero-order valence-corrected chi connectivity index (χ0v) is 10.3. The van der Waals surface area contributed by atoms with Gasteiger partial charge in [0.1, 0.15) is 11.6 Å². The van der Waals surface area contributed by atoms with Crippen LogP contribution >= 0.6 is 0 Å². The van der Waals surface area contributed by atoms with Crippen molar-refractivity contribution in [1.82, 2.24) is 15.8 Å². The number of nitrogens with zero attached hydrogens (tertiary/aromatic N) is 2. The number of nitrogens with two attached hydrogens (primary N) is 1. The van der Waals surface area contributed by atoms with Gasteiger partial charge in [0.05, 0.1) is 0 Å². The number of hydrazine groups is 1. The highest BCUT2D eigenvalue weighted by Gasteiger charge is 2.09. The summed E-state index contributed by atoms with van der Waals surface area (Å²) in [6, 6.07) is 7.31. The van der Waals surface area contributed by atoms with Crippen LogP contribution in [0.4, 0.5) is 5.82 Å². The van der Waals surface area contributed by atoms with E-state index in [-0.39, 0.29) is 0 Å². The molecule has 0 bridgehead atoms. The molecule has 6 heteroatoms. The van der Waals surface area contributed by atoms with Crippen LogP contribution in [-0.4, -0.2) is 24.9 Å². The quantitative estimate of drug-likeness (QED) is 0.427. The molecule has 0 aliphatic carbocycles. The second kappa shape index (κ2) is 5.33. The number of aromatic nitrogens is 1. The van der Waals surface area contributed by atoms with Crippen LogP contribution < -0.4 is 16.6 Å². The highest BCUT2D eigenvalue weighted by atomic mass is 16.3. The number of amidine groups is 1. The van der Waals surface area contributed by atoms with Gasteiger partial charge in [0.15, 0.2) is 11.6 Å². The number of hydrogen-bond acceptors (Lipinski definition) is 5. The smallest absolute Gasteiger partial charge is 0.178 e. The molecule has 2 aromatic rings. The van der Waals surface area contributed by atoms with Crippen molar-refractivity contribution in [2.75, 3.05) is 19.8 Å². The maximum absolute atomic E-state index is 5.71. The summed E-state index contributed by atoms with van der Waals surface area (Å²) in [4.78, 5) is 8.03. The van der Waals surface area contributed by atoms with Gasteiger partial charge in [-0.05, 0) is 24.3 Å². The molecule has 0 saturated heterocycles. The molecule has 0 amide bonds. The van der Waals surface area contributed by atoms with E-state index >= 15 is 0 Å². The molecule has 18 heavy (non-hydrogen) atoms. The molecule has 0 atom stereocenters. The van der Waals surface area contributed by atoms with E-state index < -0.39 is 0 Å². The fourth-order valence-electron chi connectivity index (χ4n) is 1.57. The number of nitrogens with one attached hydrogen (secondary N) is 2. The monoisotopic (exact) mass is 245 g/mol. The summed E-state index contributed by atoms with van der Waals surface area (Å²) < 4.78 is 5.71. The summed E-state index contributed by atoms with van der Waals surface area (Å²) in [6.45, 7) is 0. The summed E-state index contributed by atoms with van der Waals surface area (Å²) in [5.41, 5.74) is 12.2. The summed E-state index contributed by atoms with van der Waals surface area (Å²) in [7, 11) is 3.45. The van der Waals surface area contributed by atoms with Crippen molar-refractivity contribution in [2.24, 2.45) is 4.99 Å². The lowest BCUT2D eigenvalue weighted by molar-refractivity contribution is 0.564. The van der Waals surface area contributed by atoms with Gasteiger partial charge in [0.2, 0.25) is 0 Å². The number of nitrogen functional groups attached to an aromatic ring is 1. The highest BCUT2D eigenvalue weighted by molar-refractivity contribution is 5.96. The predicted molar refractivity (Wildman–Crippen MR) is 71.0 cm³/mol. The van der Waals surface area contributed by atoms with E-state index in [1.807, 2.05) is 18.2 Å². The maximum Gasteiger partial charge on any atom is 0.178 e. The lowest BCUT2D eigenvalue weighted by Gasteiger charge is -2.04. The predicted octanol–water partition coefficient (Wildman–Crippen LogP) is 1.02. The minimum Gasteiger partial charge on any atom is -0.453 e. The average Bonchev–Trinajstić information content (AvgIpc) is 2.85. The van der Waals surface area contributed by atoms with Crippen LogP contribution in [-0.2, 0) is 0 Å². The molecule has 0 unspecified atom stereocenters. The van der Waals surface area contributed by atoms with E-state index in [4.69, 9.17) is 10.2 Å². The molecule has 2 aromatic heterocycles. The van der Waals surface area contributed by atoms with Crippen molar-refractivity contribution in [3.8, 4) is 11.3 Å². The van der Waals surface area contributed by atoms with Crippen LogP contribution in [0.1, 0.15) is 5.76 Å². The highest BCUT2D eigenvalue weighted by Crippen LogP contribution is 2.22. The van der Waals surface area contributed by atoms with E-state index in [1.54, 1.807) is 26.4 Å². The summed E-state index contributed by atoms with van der Waals surface area (Å²) >= 11 is 0. The van der Waals surface area contributed by atoms with Crippen LogP contribution in [0.25, 0.3) is 11.3 Å². The number of furan rings is 1. The van der Waals surface area contributed by atoms with Gasteiger partial charge in [-0.15, -0.1) is 0 Å². The Labute approximate surface area is 105 Å². The first-order valence-corrected chi connectivity index (χ1v) is 5.46. The van der Waals surface area contributed by atoms with Gasteiger partial charge >= 0.3 is 0 Å². The Morgan fingerprint density at radius 1 is 1.39 bits per heavy atom. The summed E-state index contributed by atoms with van der Waals surface area (Å²) in [6.07, 6.45) is 1.65. The van der Waals surface area contributed by atoms with E-state index in [9.17, 15) is 0 Å². The molecule has 0 spiro atoms. The summed E-state index contributed by atoms with van der Waals surface area (Å²) in [5, 5.41) is 0. The van der Waals surface area contributed by atoms with Crippen LogP contribution in [0, 0.1) is 0 Å². The Balaban J connectivity index is 2.30. The fraction of sp³-hybridized carbons (Fsp3) is 0.167. The van der Waals surface area contributed by atoms with E-state index in [2.05, 4.69) is 20.8 Å². The molecule has 6 nitrogen and oxygen atoms in total. The third-order valence-electron chi connectivity index (χ3n) is 2.37. The molecule has 0 aromatic carbocycles. The van der Waals surface area contributed by atoms with Gasteiger partial charge in [-0.25, -0.2) is 10.4 Å². The molecule has 0 saturated carbocycles. The van der Waals surface area contributed by atoms with Crippen LogP contribution in [0.3, 0.4) is 0 Å². The first-order valence-electron chi connectivity index (χ1n) is 5.46. The maximum atomic E-state index is 5.71. The second-order valence-electron chi connectivity index (χ2n) is 3.58. The SMILES string of the molecule is CN=C(NNC)c1ccc(-c2ccnc(N)c2)o1. The van der Waals surface area contributed by atoms with Crippen molar-refractivity contribution in [3.05, 3.63) is 36.2 Å². The van der Waals surface area contributed by atoms with Gasteiger partial charge in [-0.1, -0.05) is 0 Å². The molecule has 2 rings (SSSR count). The second-order valence-corrected chi connectivity index (χ2v) is 3.58. The number of anilines is 1. The Hall–Kier alpha value is -2.34. The van der Waals surface area contributed by atoms with Crippen molar-refractivity contribution in [1.29, 1.82) is 0 Å². The molecule has 0 aliphatic heterocycles.